The highest BCUT2D eigenvalue weighted by Crippen LogP contribution is 2.16. The van der Waals surface area contributed by atoms with Gasteiger partial charge in [0, 0.05) is 31.1 Å². The molecule has 18 heavy (non-hydrogen) atoms. The number of carboxylic acid groups (broad SMARTS) is 1. The van der Waals surface area contributed by atoms with Crippen molar-refractivity contribution in [2.45, 2.75) is 13.0 Å². The Balaban J connectivity index is 2.41. The lowest BCUT2D eigenvalue weighted by molar-refractivity contribution is -0.141. The minimum absolute atomic E-state index is 0.271. The van der Waals surface area contributed by atoms with Crippen molar-refractivity contribution >= 4 is 23.8 Å². The summed E-state index contributed by atoms with van der Waals surface area (Å²) in [6, 6.07) is -0.972. The third kappa shape index (κ3) is 4.38. The van der Waals surface area contributed by atoms with Crippen molar-refractivity contribution in [2.24, 2.45) is 0 Å². The first-order chi connectivity index (χ1) is 8.56. The van der Waals surface area contributed by atoms with Gasteiger partial charge in [0.25, 0.3) is 0 Å². The van der Waals surface area contributed by atoms with E-state index in [2.05, 4.69) is 10.2 Å². The number of aliphatic carboxylic acids is 1. The van der Waals surface area contributed by atoms with Crippen LogP contribution >= 0.6 is 11.8 Å². The Bertz CT molecular complexity index is 301. The maximum atomic E-state index is 11.9. The van der Waals surface area contributed by atoms with Crippen molar-refractivity contribution < 1.29 is 14.7 Å². The molecule has 2 N–H and O–H groups in total. The average molecular weight is 275 g/mol. The van der Waals surface area contributed by atoms with E-state index >= 15 is 0 Å². The minimum Gasteiger partial charge on any atom is -0.480 e. The minimum atomic E-state index is -0.928. The lowest BCUT2D eigenvalue weighted by Gasteiger charge is -2.32. The summed E-state index contributed by atoms with van der Waals surface area (Å²) >= 11 is 1.57. The van der Waals surface area contributed by atoms with Gasteiger partial charge in [0.1, 0.15) is 6.04 Å². The molecule has 0 aromatic carbocycles. The quantitative estimate of drug-likeness (QED) is 0.747. The van der Waals surface area contributed by atoms with Crippen molar-refractivity contribution in [2.75, 3.05) is 44.7 Å². The zero-order valence-corrected chi connectivity index (χ0v) is 11.7. The number of nitrogens with zero attached hydrogens (tertiary/aromatic N) is 2. The predicted molar refractivity (Wildman–Crippen MR) is 72.0 cm³/mol. The average Bonchev–Trinajstić information content (AvgIpc) is 2.38. The molecule has 1 aliphatic rings. The molecular formula is C11H21N3O3S. The number of carbonyl (C=O) groups excluding carboxylic acids is 1. The van der Waals surface area contributed by atoms with Gasteiger partial charge in [0.05, 0.1) is 0 Å². The molecule has 1 heterocycles. The van der Waals surface area contributed by atoms with Gasteiger partial charge < -0.3 is 20.2 Å². The number of likely N-dealkylation sites (N-methyl/N-ethyl adjacent to an activating group) is 1. The monoisotopic (exact) mass is 275 g/mol. The summed E-state index contributed by atoms with van der Waals surface area (Å²) in [5, 5.41) is 11.8. The molecule has 2 amide bonds. The fraction of sp³-hybridized carbons (Fsp3) is 0.818. The highest BCUT2D eigenvalue weighted by Gasteiger charge is 2.32. The second-order valence-corrected chi connectivity index (χ2v) is 5.40. The predicted octanol–water partition coefficient (Wildman–Crippen LogP) is 0.150. The van der Waals surface area contributed by atoms with E-state index in [9.17, 15) is 9.59 Å². The van der Waals surface area contributed by atoms with Crippen molar-refractivity contribution in [3.63, 3.8) is 0 Å². The van der Waals surface area contributed by atoms with Crippen LogP contribution in [0.5, 0.6) is 0 Å². The molecular weight excluding hydrogens is 254 g/mol. The van der Waals surface area contributed by atoms with E-state index in [1.807, 2.05) is 14.0 Å². The SMILES string of the molecule is CCN(C)CCNC(=O)N1CCSCC1C(=O)O. The molecule has 1 atom stereocenters. The van der Waals surface area contributed by atoms with Crippen LogP contribution in [-0.2, 0) is 4.79 Å². The van der Waals surface area contributed by atoms with Crippen LogP contribution in [0, 0.1) is 0 Å². The third-order valence-electron chi connectivity index (χ3n) is 2.98. The number of urea groups is 1. The van der Waals surface area contributed by atoms with E-state index in [1.54, 1.807) is 11.8 Å². The van der Waals surface area contributed by atoms with Crippen LogP contribution in [0.1, 0.15) is 6.92 Å². The number of rotatable bonds is 5. The Morgan fingerprint density at radius 2 is 2.28 bits per heavy atom. The molecule has 1 rings (SSSR count). The van der Waals surface area contributed by atoms with Crippen LogP contribution in [0.25, 0.3) is 0 Å². The number of hydrogen-bond donors (Lipinski definition) is 2. The number of hydrogen-bond acceptors (Lipinski definition) is 4. The van der Waals surface area contributed by atoms with Crippen LogP contribution < -0.4 is 5.32 Å². The molecule has 0 radical (unpaired) electrons. The van der Waals surface area contributed by atoms with Gasteiger partial charge in [-0.2, -0.15) is 11.8 Å². The smallest absolute Gasteiger partial charge is 0.327 e. The van der Waals surface area contributed by atoms with Crippen molar-refractivity contribution in [3.8, 4) is 0 Å². The molecule has 0 saturated carbocycles. The summed E-state index contributed by atoms with van der Waals surface area (Å²) < 4.78 is 0. The van der Waals surface area contributed by atoms with Gasteiger partial charge >= 0.3 is 12.0 Å². The van der Waals surface area contributed by atoms with E-state index in [4.69, 9.17) is 5.11 Å². The summed E-state index contributed by atoms with van der Waals surface area (Å²) in [5.41, 5.74) is 0. The largest absolute Gasteiger partial charge is 0.480 e. The van der Waals surface area contributed by atoms with Gasteiger partial charge in [-0.05, 0) is 13.6 Å². The van der Waals surface area contributed by atoms with Gasteiger partial charge in [0.2, 0.25) is 0 Å². The lowest BCUT2D eigenvalue weighted by atomic mass is 10.3. The molecule has 7 heteroatoms. The molecule has 0 spiro atoms. The highest BCUT2D eigenvalue weighted by molar-refractivity contribution is 7.99. The first-order valence-electron chi connectivity index (χ1n) is 6.09. The Morgan fingerprint density at radius 3 is 2.89 bits per heavy atom. The van der Waals surface area contributed by atoms with Gasteiger partial charge in [-0.3, -0.25) is 0 Å². The summed E-state index contributed by atoms with van der Waals surface area (Å²) in [5.74, 6) is 0.340. The van der Waals surface area contributed by atoms with Gasteiger partial charge in [-0.15, -0.1) is 0 Å². The maximum absolute atomic E-state index is 11.9. The zero-order chi connectivity index (χ0) is 13.5. The molecule has 1 unspecified atom stereocenters. The van der Waals surface area contributed by atoms with Crippen LogP contribution in [0.3, 0.4) is 0 Å². The van der Waals surface area contributed by atoms with E-state index in [-0.39, 0.29) is 6.03 Å². The topological polar surface area (TPSA) is 72.9 Å². The molecule has 0 bridgehead atoms. The summed E-state index contributed by atoms with van der Waals surface area (Å²) in [6.07, 6.45) is 0. The number of carboxylic acids is 1. The fourth-order valence-corrected chi connectivity index (χ4v) is 2.70. The molecule has 1 saturated heterocycles. The summed E-state index contributed by atoms with van der Waals surface area (Å²) in [4.78, 5) is 26.5. The van der Waals surface area contributed by atoms with Crippen molar-refractivity contribution in [1.29, 1.82) is 0 Å². The Hall–Kier alpha value is -0.950. The molecule has 0 aliphatic carbocycles. The zero-order valence-electron chi connectivity index (χ0n) is 10.9. The lowest BCUT2D eigenvalue weighted by Crippen LogP contribution is -2.54. The van der Waals surface area contributed by atoms with Crippen LogP contribution in [-0.4, -0.2) is 77.7 Å². The van der Waals surface area contributed by atoms with Crippen LogP contribution in [0.15, 0.2) is 0 Å². The van der Waals surface area contributed by atoms with E-state index < -0.39 is 12.0 Å². The Morgan fingerprint density at radius 1 is 1.56 bits per heavy atom. The standard InChI is InChI=1S/C11H21N3O3S/c1-3-13(2)5-4-12-11(17)14-6-7-18-8-9(14)10(15)16/h9H,3-8H2,1-2H3,(H,12,17)(H,15,16). The van der Waals surface area contributed by atoms with E-state index in [0.29, 0.717) is 18.8 Å². The first-order valence-corrected chi connectivity index (χ1v) is 7.25. The number of nitrogens with one attached hydrogen (secondary N) is 1. The number of thioether (sulfide) groups is 1. The maximum Gasteiger partial charge on any atom is 0.327 e. The second-order valence-electron chi connectivity index (χ2n) is 4.25. The van der Waals surface area contributed by atoms with Crippen molar-refractivity contribution in [1.82, 2.24) is 15.1 Å². The Labute approximate surface area is 112 Å². The fourth-order valence-electron chi connectivity index (χ4n) is 1.66. The second kappa shape index (κ2) is 7.48. The first kappa shape index (κ1) is 15.1. The van der Waals surface area contributed by atoms with Gasteiger partial charge in [-0.1, -0.05) is 6.92 Å². The summed E-state index contributed by atoms with van der Waals surface area (Å²) in [7, 11) is 1.98. The highest BCUT2D eigenvalue weighted by atomic mass is 32.2. The molecule has 104 valence electrons. The Kier molecular flexibility index (Phi) is 6.28. The molecule has 0 aromatic rings. The molecule has 1 fully saturated rings. The molecule has 1 aliphatic heterocycles. The van der Waals surface area contributed by atoms with E-state index in [0.717, 1.165) is 18.8 Å². The summed E-state index contributed by atoms with van der Waals surface area (Å²) in [6.45, 7) is 4.77. The van der Waals surface area contributed by atoms with E-state index in [1.165, 1.54) is 4.90 Å². The molecule has 6 nitrogen and oxygen atoms in total. The normalized spacial score (nSPS) is 19.9. The van der Waals surface area contributed by atoms with Crippen molar-refractivity contribution in [3.05, 3.63) is 0 Å². The van der Waals surface area contributed by atoms with Gasteiger partial charge in [0.15, 0.2) is 0 Å². The number of amides is 2. The van der Waals surface area contributed by atoms with Crippen LogP contribution in [0.4, 0.5) is 4.79 Å². The van der Waals surface area contributed by atoms with Gasteiger partial charge in [-0.25, -0.2) is 9.59 Å². The van der Waals surface area contributed by atoms with Crippen LogP contribution in [0.2, 0.25) is 0 Å². The molecule has 0 aromatic heterocycles. The third-order valence-corrected chi connectivity index (χ3v) is 4.01. The number of carbonyl (C=O) groups is 2.